The highest BCUT2D eigenvalue weighted by Crippen LogP contribution is 2.24. The summed E-state index contributed by atoms with van der Waals surface area (Å²) in [6.07, 6.45) is -4.27. The Labute approximate surface area is 156 Å². The summed E-state index contributed by atoms with van der Waals surface area (Å²) in [5.41, 5.74) is 0.823. The second-order valence-electron chi connectivity index (χ2n) is 6.23. The summed E-state index contributed by atoms with van der Waals surface area (Å²) >= 11 is 5.80. The quantitative estimate of drug-likeness (QED) is 0.766. The molecule has 3 rings (SSSR count). The van der Waals surface area contributed by atoms with Gasteiger partial charge in [-0.2, -0.15) is 0 Å². The van der Waals surface area contributed by atoms with Crippen LogP contribution < -0.4 is 5.32 Å². The van der Waals surface area contributed by atoms with E-state index in [9.17, 15) is 22.8 Å². The third-order valence-electron chi connectivity index (χ3n) is 4.19. The van der Waals surface area contributed by atoms with E-state index in [0.29, 0.717) is 10.9 Å². The molecule has 1 aliphatic rings. The fourth-order valence-electron chi connectivity index (χ4n) is 2.95. The smallest absolute Gasteiger partial charge is 0.349 e. The van der Waals surface area contributed by atoms with Crippen LogP contribution in [0.15, 0.2) is 18.3 Å². The van der Waals surface area contributed by atoms with Crippen LogP contribution in [0.2, 0.25) is 5.15 Å². The van der Waals surface area contributed by atoms with Gasteiger partial charge < -0.3 is 15.2 Å². The van der Waals surface area contributed by atoms with Crippen LogP contribution in [-0.4, -0.2) is 58.3 Å². The molecule has 0 aromatic carbocycles. The first kappa shape index (κ1) is 19.4. The highest BCUT2D eigenvalue weighted by Gasteiger charge is 2.38. The van der Waals surface area contributed by atoms with Gasteiger partial charge in [0.1, 0.15) is 16.9 Å². The SMILES string of the molecule is C[C@@H](NC(=O)c1cc2cc(Cl)ncc2[nH]1)C(=O)N1CCC(OC(F)(F)F)C1. The van der Waals surface area contributed by atoms with Crippen molar-refractivity contribution in [2.24, 2.45) is 0 Å². The fourth-order valence-corrected chi connectivity index (χ4v) is 3.12. The Hall–Kier alpha value is -2.33. The molecule has 1 saturated heterocycles. The van der Waals surface area contributed by atoms with E-state index in [1.54, 1.807) is 12.1 Å². The largest absolute Gasteiger partial charge is 0.522 e. The number of nitrogens with one attached hydrogen (secondary N) is 2. The predicted molar refractivity (Wildman–Crippen MR) is 90.2 cm³/mol. The van der Waals surface area contributed by atoms with Crippen molar-refractivity contribution < 1.29 is 27.5 Å². The maximum Gasteiger partial charge on any atom is 0.522 e. The van der Waals surface area contributed by atoms with Crippen LogP contribution in [0, 0.1) is 0 Å². The van der Waals surface area contributed by atoms with Crippen molar-refractivity contribution in [1.82, 2.24) is 20.2 Å². The van der Waals surface area contributed by atoms with Crippen molar-refractivity contribution in [2.75, 3.05) is 13.1 Å². The van der Waals surface area contributed by atoms with E-state index in [1.165, 1.54) is 18.0 Å². The van der Waals surface area contributed by atoms with Gasteiger partial charge in [-0.05, 0) is 25.5 Å². The number of hydrogen-bond acceptors (Lipinski definition) is 4. The van der Waals surface area contributed by atoms with Crippen LogP contribution in [0.3, 0.4) is 0 Å². The molecule has 2 aromatic rings. The highest BCUT2D eigenvalue weighted by atomic mass is 35.5. The monoisotopic (exact) mass is 404 g/mol. The van der Waals surface area contributed by atoms with Crippen LogP contribution in [0.1, 0.15) is 23.8 Å². The Morgan fingerprint density at radius 2 is 2.19 bits per heavy atom. The molecule has 27 heavy (non-hydrogen) atoms. The van der Waals surface area contributed by atoms with E-state index < -0.39 is 30.3 Å². The molecule has 3 heterocycles. The molecule has 2 aromatic heterocycles. The van der Waals surface area contributed by atoms with Gasteiger partial charge in [-0.15, -0.1) is 13.2 Å². The lowest BCUT2D eigenvalue weighted by Crippen LogP contribution is -2.46. The van der Waals surface area contributed by atoms with Crippen molar-refractivity contribution in [2.45, 2.75) is 31.9 Å². The first-order chi connectivity index (χ1) is 12.6. The third-order valence-corrected chi connectivity index (χ3v) is 4.40. The van der Waals surface area contributed by atoms with Crippen LogP contribution in [0.5, 0.6) is 0 Å². The van der Waals surface area contributed by atoms with E-state index in [2.05, 4.69) is 20.0 Å². The van der Waals surface area contributed by atoms with Gasteiger partial charge in [-0.1, -0.05) is 11.6 Å². The molecule has 0 radical (unpaired) electrons. The molecule has 0 bridgehead atoms. The molecule has 2 amide bonds. The van der Waals surface area contributed by atoms with E-state index in [1.807, 2.05) is 0 Å². The number of pyridine rings is 1. The van der Waals surface area contributed by atoms with Crippen LogP contribution in [0.4, 0.5) is 13.2 Å². The highest BCUT2D eigenvalue weighted by molar-refractivity contribution is 6.30. The van der Waals surface area contributed by atoms with Crippen molar-refractivity contribution in [1.29, 1.82) is 0 Å². The lowest BCUT2D eigenvalue weighted by molar-refractivity contribution is -0.340. The fraction of sp³-hybridized carbons (Fsp3) is 0.438. The van der Waals surface area contributed by atoms with Crippen LogP contribution >= 0.6 is 11.6 Å². The minimum Gasteiger partial charge on any atom is -0.349 e. The molecule has 11 heteroatoms. The number of aromatic amines is 1. The zero-order valence-electron chi connectivity index (χ0n) is 14.1. The minimum absolute atomic E-state index is 0.0850. The summed E-state index contributed by atoms with van der Waals surface area (Å²) < 4.78 is 40.8. The van der Waals surface area contributed by atoms with E-state index in [4.69, 9.17) is 11.6 Å². The number of amides is 2. The zero-order chi connectivity index (χ0) is 19.8. The number of carbonyl (C=O) groups is 2. The number of ether oxygens (including phenoxy) is 1. The van der Waals surface area contributed by atoms with Gasteiger partial charge in [0.25, 0.3) is 5.91 Å². The number of fused-ring (bicyclic) bond motifs is 1. The molecule has 146 valence electrons. The first-order valence-corrected chi connectivity index (χ1v) is 8.48. The average Bonchev–Trinajstić information content (AvgIpc) is 3.18. The molecule has 0 saturated carbocycles. The lowest BCUT2D eigenvalue weighted by Gasteiger charge is -2.21. The van der Waals surface area contributed by atoms with E-state index in [0.717, 1.165) is 0 Å². The number of nitrogens with zero attached hydrogens (tertiary/aromatic N) is 2. The molecule has 2 N–H and O–H groups in total. The van der Waals surface area contributed by atoms with Crippen molar-refractivity contribution in [3.63, 3.8) is 0 Å². The summed E-state index contributed by atoms with van der Waals surface area (Å²) in [7, 11) is 0. The predicted octanol–water partition coefficient (Wildman–Crippen LogP) is 2.47. The van der Waals surface area contributed by atoms with E-state index >= 15 is 0 Å². The van der Waals surface area contributed by atoms with Crippen molar-refractivity contribution in [3.8, 4) is 0 Å². The van der Waals surface area contributed by atoms with Crippen molar-refractivity contribution in [3.05, 3.63) is 29.2 Å². The number of carbonyl (C=O) groups excluding carboxylic acids is 2. The molecule has 2 atom stereocenters. The number of rotatable bonds is 4. The molecule has 1 fully saturated rings. The maximum absolute atomic E-state index is 12.4. The summed E-state index contributed by atoms with van der Waals surface area (Å²) in [4.78, 5) is 32.7. The first-order valence-electron chi connectivity index (χ1n) is 8.11. The second kappa shape index (κ2) is 7.35. The number of aromatic nitrogens is 2. The Balaban J connectivity index is 1.59. The normalized spacial score (nSPS) is 18.7. The lowest BCUT2D eigenvalue weighted by atomic mass is 10.2. The average molecular weight is 405 g/mol. The Morgan fingerprint density at radius 3 is 2.89 bits per heavy atom. The number of alkyl halides is 3. The van der Waals surface area contributed by atoms with Gasteiger partial charge in [0.15, 0.2) is 0 Å². The van der Waals surface area contributed by atoms with Gasteiger partial charge >= 0.3 is 6.36 Å². The summed E-state index contributed by atoms with van der Waals surface area (Å²) in [6.45, 7) is 1.44. The Kier molecular flexibility index (Phi) is 5.29. The molecule has 7 nitrogen and oxygen atoms in total. The molecular formula is C16H16ClF3N4O3. The third kappa shape index (κ3) is 4.69. The second-order valence-corrected chi connectivity index (χ2v) is 6.62. The Morgan fingerprint density at radius 1 is 1.44 bits per heavy atom. The summed E-state index contributed by atoms with van der Waals surface area (Å²) in [5, 5.41) is 3.50. The minimum atomic E-state index is -4.74. The number of H-pyrrole nitrogens is 1. The molecule has 1 aliphatic heterocycles. The number of likely N-dealkylation sites (tertiary alicyclic amines) is 1. The van der Waals surface area contributed by atoms with Gasteiger partial charge in [-0.25, -0.2) is 4.98 Å². The number of hydrogen-bond donors (Lipinski definition) is 2. The van der Waals surface area contributed by atoms with E-state index in [-0.39, 0.29) is 30.4 Å². The van der Waals surface area contributed by atoms with Gasteiger partial charge in [0.2, 0.25) is 5.91 Å². The topological polar surface area (TPSA) is 87.3 Å². The van der Waals surface area contributed by atoms with Crippen molar-refractivity contribution >= 4 is 34.3 Å². The zero-order valence-corrected chi connectivity index (χ0v) is 14.9. The molecule has 0 spiro atoms. The summed E-state index contributed by atoms with van der Waals surface area (Å²) in [6, 6.07) is 2.25. The van der Waals surface area contributed by atoms with Crippen LogP contribution in [-0.2, 0) is 9.53 Å². The van der Waals surface area contributed by atoms with Gasteiger partial charge in [0, 0.05) is 18.5 Å². The van der Waals surface area contributed by atoms with Crippen LogP contribution in [0.25, 0.3) is 10.9 Å². The standard InChI is InChI=1S/C16H16ClF3N4O3/c1-8(15(26)24-3-2-10(7-24)27-16(18,19)20)22-14(25)11-4-9-5-13(17)21-6-12(9)23-11/h4-6,8,10,23H,2-3,7H2,1H3,(H,22,25)/t8-,10?/m1/s1. The van der Waals surface area contributed by atoms with Gasteiger partial charge in [0.05, 0.1) is 17.8 Å². The molecular weight excluding hydrogens is 389 g/mol. The molecule has 0 aliphatic carbocycles. The maximum atomic E-state index is 12.4. The number of halogens is 4. The summed E-state index contributed by atoms with van der Waals surface area (Å²) in [5.74, 6) is -0.997. The molecule has 1 unspecified atom stereocenters. The van der Waals surface area contributed by atoms with Gasteiger partial charge in [-0.3, -0.25) is 14.3 Å². The Bertz CT molecular complexity index is 870.